The molecule has 146 valence electrons. The van der Waals surface area contributed by atoms with Gasteiger partial charge in [-0.1, -0.05) is 50.2 Å². The summed E-state index contributed by atoms with van der Waals surface area (Å²) < 4.78 is 1.98. The van der Waals surface area contributed by atoms with Crippen LogP contribution in [0.15, 0.2) is 54.6 Å². The molecule has 1 atom stereocenters. The predicted molar refractivity (Wildman–Crippen MR) is 113 cm³/mol. The van der Waals surface area contributed by atoms with Gasteiger partial charge in [0.1, 0.15) is 11.2 Å². The van der Waals surface area contributed by atoms with Crippen molar-refractivity contribution in [3.8, 4) is 5.69 Å². The summed E-state index contributed by atoms with van der Waals surface area (Å²) in [5, 5.41) is 8.02. The van der Waals surface area contributed by atoms with Gasteiger partial charge in [0.2, 0.25) is 5.91 Å². The molecule has 0 spiro atoms. The van der Waals surface area contributed by atoms with Gasteiger partial charge in [-0.3, -0.25) is 9.36 Å². The van der Waals surface area contributed by atoms with E-state index >= 15 is 0 Å². The fourth-order valence-corrected chi connectivity index (χ4v) is 3.38. The van der Waals surface area contributed by atoms with Gasteiger partial charge < -0.3 is 4.90 Å². The molecule has 1 amide bonds. The van der Waals surface area contributed by atoms with Crippen LogP contribution in [0.3, 0.4) is 0 Å². The monoisotopic (exact) mass is 396 g/mol. The third-order valence-electron chi connectivity index (χ3n) is 4.76. The fraction of sp³-hybridized carbons (Fsp3) is 0.318. The summed E-state index contributed by atoms with van der Waals surface area (Å²) in [6, 6.07) is 17.8. The van der Waals surface area contributed by atoms with Crippen molar-refractivity contribution in [2.45, 2.75) is 45.5 Å². The highest BCUT2D eigenvalue weighted by Gasteiger charge is 2.26. The number of aryl methyl sites for hydroxylation is 2. The Labute approximate surface area is 171 Å². The highest BCUT2D eigenvalue weighted by molar-refractivity contribution is 6.32. The van der Waals surface area contributed by atoms with E-state index in [1.165, 1.54) is 0 Å². The molecule has 0 aliphatic heterocycles. The van der Waals surface area contributed by atoms with Crippen molar-refractivity contribution in [2.75, 3.05) is 4.90 Å². The SMILES string of the molecule is CCc1ccccc1N(Cc1nnc(C)n1-c1ccccc1)C(=O)C(Cl)CC. The molecule has 1 aromatic heterocycles. The van der Waals surface area contributed by atoms with Crippen LogP contribution in [0.2, 0.25) is 0 Å². The van der Waals surface area contributed by atoms with Crippen LogP contribution in [0.25, 0.3) is 5.69 Å². The van der Waals surface area contributed by atoms with E-state index < -0.39 is 5.38 Å². The van der Waals surface area contributed by atoms with Crippen LogP contribution in [0.5, 0.6) is 0 Å². The first-order valence-corrected chi connectivity index (χ1v) is 10.00. The van der Waals surface area contributed by atoms with Crippen LogP contribution >= 0.6 is 11.6 Å². The summed E-state index contributed by atoms with van der Waals surface area (Å²) in [5.74, 6) is 1.35. The van der Waals surface area contributed by atoms with Gasteiger partial charge >= 0.3 is 0 Å². The molecule has 3 rings (SSSR count). The normalized spacial score (nSPS) is 12.0. The van der Waals surface area contributed by atoms with Crippen molar-refractivity contribution >= 4 is 23.2 Å². The minimum Gasteiger partial charge on any atom is -0.303 e. The Morgan fingerprint density at radius 2 is 1.75 bits per heavy atom. The van der Waals surface area contributed by atoms with Gasteiger partial charge in [0, 0.05) is 11.4 Å². The molecule has 0 aliphatic rings. The lowest BCUT2D eigenvalue weighted by molar-refractivity contribution is -0.118. The molecule has 5 nitrogen and oxygen atoms in total. The lowest BCUT2D eigenvalue weighted by atomic mass is 10.1. The number of anilines is 1. The van der Waals surface area contributed by atoms with Crippen molar-refractivity contribution < 1.29 is 4.79 Å². The molecule has 0 saturated heterocycles. The molecule has 2 aromatic carbocycles. The first-order valence-electron chi connectivity index (χ1n) is 9.56. The number of carbonyl (C=O) groups is 1. The van der Waals surface area contributed by atoms with Crippen LogP contribution in [-0.2, 0) is 17.8 Å². The van der Waals surface area contributed by atoms with E-state index in [0.29, 0.717) is 18.8 Å². The van der Waals surface area contributed by atoms with Gasteiger partial charge in [0.05, 0.1) is 6.54 Å². The van der Waals surface area contributed by atoms with Gasteiger partial charge in [-0.15, -0.1) is 21.8 Å². The molecule has 0 saturated carbocycles. The molecule has 0 fully saturated rings. The van der Waals surface area contributed by atoms with Gasteiger partial charge in [-0.05, 0) is 43.5 Å². The molecule has 1 unspecified atom stereocenters. The molecule has 0 N–H and O–H groups in total. The van der Waals surface area contributed by atoms with Crippen molar-refractivity contribution in [1.82, 2.24) is 14.8 Å². The van der Waals surface area contributed by atoms with Crippen molar-refractivity contribution in [3.05, 3.63) is 71.8 Å². The zero-order chi connectivity index (χ0) is 20.1. The Balaban J connectivity index is 2.05. The van der Waals surface area contributed by atoms with Crippen LogP contribution in [0.4, 0.5) is 5.69 Å². The topological polar surface area (TPSA) is 51.0 Å². The van der Waals surface area contributed by atoms with Gasteiger partial charge in [0.25, 0.3) is 0 Å². The summed E-state index contributed by atoms with van der Waals surface area (Å²) in [4.78, 5) is 14.9. The summed E-state index contributed by atoms with van der Waals surface area (Å²) >= 11 is 6.35. The Kier molecular flexibility index (Phi) is 6.47. The molecule has 28 heavy (non-hydrogen) atoms. The largest absolute Gasteiger partial charge is 0.303 e. The Bertz CT molecular complexity index is 939. The van der Waals surface area contributed by atoms with E-state index in [2.05, 4.69) is 17.1 Å². The number of benzene rings is 2. The summed E-state index contributed by atoms with van der Waals surface area (Å²) in [7, 11) is 0. The van der Waals surface area contributed by atoms with Crippen molar-refractivity contribution in [3.63, 3.8) is 0 Å². The average molecular weight is 397 g/mol. The Morgan fingerprint density at radius 1 is 1.07 bits per heavy atom. The molecular formula is C22H25ClN4O. The van der Waals surface area contributed by atoms with E-state index in [1.807, 2.05) is 73.0 Å². The molecule has 1 heterocycles. The second-order valence-corrected chi connectivity index (χ2v) is 7.14. The van der Waals surface area contributed by atoms with E-state index in [0.717, 1.165) is 29.2 Å². The van der Waals surface area contributed by atoms with Crippen LogP contribution in [-0.4, -0.2) is 26.0 Å². The number of hydrogen-bond acceptors (Lipinski definition) is 3. The summed E-state index contributed by atoms with van der Waals surface area (Å²) in [6.45, 7) is 6.20. The summed E-state index contributed by atoms with van der Waals surface area (Å²) in [5.41, 5.74) is 2.93. The lowest BCUT2D eigenvalue weighted by Gasteiger charge is -2.26. The van der Waals surface area contributed by atoms with Crippen LogP contribution < -0.4 is 4.90 Å². The number of carbonyl (C=O) groups excluding carboxylic acids is 1. The molecule has 0 bridgehead atoms. The molecular weight excluding hydrogens is 372 g/mol. The van der Waals surface area contributed by atoms with E-state index in [-0.39, 0.29) is 5.91 Å². The van der Waals surface area contributed by atoms with Gasteiger partial charge in [-0.2, -0.15) is 0 Å². The van der Waals surface area contributed by atoms with Crippen molar-refractivity contribution in [1.29, 1.82) is 0 Å². The van der Waals surface area contributed by atoms with Crippen LogP contribution in [0, 0.1) is 6.92 Å². The minimum absolute atomic E-state index is 0.120. The minimum atomic E-state index is -0.584. The number of rotatable bonds is 7. The van der Waals surface area contributed by atoms with E-state index in [4.69, 9.17) is 11.6 Å². The first kappa shape index (κ1) is 20.1. The predicted octanol–water partition coefficient (Wildman–Crippen LogP) is 4.69. The highest BCUT2D eigenvalue weighted by Crippen LogP contribution is 2.26. The van der Waals surface area contributed by atoms with Gasteiger partial charge in [0.15, 0.2) is 5.82 Å². The second-order valence-electron chi connectivity index (χ2n) is 6.62. The second kappa shape index (κ2) is 9.02. The Morgan fingerprint density at radius 3 is 2.43 bits per heavy atom. The maximum absolute atomic E-state index is 13.1. The molecule has 0 radical (unpaired) electrons. The number of alkyl halides is 1. The van der Waals surface area contributed by atoms with Gasteiger partial charge in [-0.25, -0.2) is 0 Å². The lowest BCUT2D eigenvalue weighted by Crippen LogP contribution is -2.37. The first-order chi connectivity index (χ1) is 13.6. The summed E-state index contributed by atoms with van der Waals surface area (Å²) in [6.07, 6.45) is 1.39. The van der Waals surface area contributed by atoms with Crippen molar-refractivity contribution in [2.24, 2.45) is 0 Å². The number of hydrogen-bond donors (Lipinski definition) is 0. The standard InChI is InChI=1S/C22H25ClN4O/c1-4-17-11-9-10-14-20(17)26(22(28)19(23)5-2)15-21-25-24-16(3)27(21)18-12-7-6-8-13-18/h6-14,19H,4-5,15H2,1-3H3. The van der Waals surface area contributed by atoms with E-state index in [9.17, 15) is 4.79 Å². The smallest absolute Gasteiger partial charge is 0.245 e. The van der Waals surface area contributed by atoms with Crippen LogP contribution in [0.1, 0.15) is 37.5 Å². The highest BCUT2D eigenvalue weighted by atomic mass is 35.5. The molecule has 3 aromatic rings. The number of halogens is 1. The third-order valence-corrected chi connectivity index (χ3v) is 5.26. The van der Waals surface area contributed by atoms with E-state index in [1.54, 1.807) is 4.90 Å². The zero-order valence-corrected chi connectivity index (χ0v) is 17.2. The molecule has 6 heteroatoms. The maximum atomic E-state index is 13.1. The number of nitrogens with zero attached hydrogens (tertiary/aromatic N) is 4. The maximum Gasteiger partial charge on any atom is 0.245 e. The number of amides is 1. The quantitative estimate of drug-likeness (QED) is 0.544. The number of aromatic nitrogens is 3. The number of para-hydroxylation sites is 2. The average Bonchev–Trinajstić information content (AvgIpc) is 3.11. The Hall–Kier alpha value is -2.66. The fourth-order valence-electron chi connectivity index (χ4n) is 3.26. The molecule has 0 aliphatic carbocycles. The zero-order valence-electron chi connectivity index (χ0n) is 16.5. The third kappa shape index (κ3) is 4.09.